The minimum absolute atomic E-state index is 0.311. The summed E-state index contributed by atoms with van der Waals surface area (Å²) in [6, 6.07) is 11.0. The van der Waals surface area contributed by atoms with Gasteiger partial charge in [-0.25, -0.2) is 8.42 Å². The molecule has 0 fully saturated rings. The Balaban J connectivity index is 1.61. The summed E-state index contributed by atoms with van der Waals surface area (Å²) in [6.07, 6.45) is 1.56. The SMILES string of the molecule is CN(c1cccc2cc(C3=NCC(CCNC=O)S3)[nH]c12)S(=O)(=O)c1cccs1. The molecule has 1 unspecified atom stereocenters. The van der Waals surface area contributed by atoms with Crippen LogP contribution in [0.15, 0.2) is 51.0 Å². The predicted octanol–water partition coefficient (Wildman–Crippen LogP) is 3.05. The number of hydrogen-bond acceptors (Lipinski definition) is 6. The number of nitrogens with zero attached hydrogens (tertiary/aromatic N) is 2. The van der Waals surface area contributed by atoms with Crippen LogP contribution in [0.2, 0.25) is 0 Å². The molecule has 3 aromatic rings. The number of thioether (sulfide) groups is 1. The number of benzene rings is 1. The maximum absolute atomic E-state index is 12.9. The Bertz CT molecular complexity index is 1150. The number of carbonyl (C=O) groups is 1. The van der Waals surface area contributed by atoms with Crippen molar-refractivity contribution >= 4 is 61.2 Å². The highest BCUT2D eigenvalue weighted by molar-refractivity contribution is 8.15. The molecular formula is C19H20N4O3S3. The fourth-order valence-corrected chi connectivity index (χ4v) is 6.67. The Morgan fingerprint density at radius 3 is 2.97 bits per heavy atom. The molecule has 0 saturated heterocycles. The van der Waals surface area contributed by atoms with Crippen LogP contribution in [0.3, 0.4) is 0 Å². The monoisotopic (exact) mass is 448 g/mol. The number of amides is 1. The Morgan fingerprint density at radius 1 is 1.34 bits per heavy atom. The Kier molecular flexibility index (Phi) is 5.66. The summed E-state index contributed by atoms with van der Waals surface area (Å²) in [5.41, 5.74) is 2.24. The number of nitrogens with one attached hydrogen (secondary N) is 2. The standard InChI is InChI=1S/C19H20N4O3S3/c1-23(29(25,26)17-6-3-9-27-17)16-5-2-4-13-10-15(22-18(13)16)19-21-11-14(28-19)7-8-20-12-24/h2-6,9-10,12,14,22H,7-8,11H2,1H3,(H,20,24). The molecule has 1 amide bonds. The molecule has 0 saturated carbocycles. The Morgan fingerprint density at radius 2 is 2.21 bits per heavy atom. The fourth-order valence-electron chi connectivity index (χ4n) is 3.21. The third kappa shape index (κ3) is 3.92. The van der Waals surface area contributed by atoms with E-state index >= 15 is 0 Å². The lowest BCUT2D eigenvalue weighted by atomic mass is 10.2. The van der Waals surface area contributed by atoms with Gasteiger partial charge < -0.3 is 10.3 Å². The van der Waals surface area contributed by atoms with Crippen molar-refractivity contribution in [3.63, 3.8) is 0 Å². The van der Waals surface area contributed by atoms with Gasteiger partial charge >= 0.3 is 0 Å². The third-order valence-electron chi connectivity index (χ3n) is 4.72. The van der Waals surface area contributed by atoms with Crippen LogP contribution >= 0.6 is 23.1 Å². The summed E-state index contributed by atoms with van der Waals surface area (Å²) in [6.45, 7) is 1.33. The number of sulfonamides is 1. The average Bonchev–Trinajstić information content (AvgIpc) is 3.46. The van der Waals surface area contributed by atoms with Crippen molar-refractivity contribution < 1.29 is 13.2 Å². The number of aromatic nitrogens is 1. The zero-order valence-corrected chi connectivity index (χ0v) is 18.1. The molecule has 3 heterocycles. The summed E-state index contributed by atoms with van der Waals surface area (Å²) < 4.78 is 27.5. The van der Waals surface area contributed by atoms with Crippen molar-refractivity contribution in [2.45, 2.75) is 15.9 Å². The summed E-state index contributed by atoms with van der Waals surface area (Å²) >= 11 is 2.88. The second kappa shape index (κ2) is 8.21. The number of thiophene rings is 1. The van der Waals surface area contributed by atoms with Gasteiger partial charge in [0.2, 0.25) is 6.41 Å². The molecule has 0 bridgehead atoms. The van der Waals surface area contributed by atoms with Crippen LogP contribution in [0.5, 0.6) is 0 Å². The van der Waals surface area contributed by atoms with E-state index in [1.54, 1.807) is 42.4 Å². The Labute approximate surface area is 177 Å². The average molecular weight is 449 g/mol. The second-order valence-corrected chi connectivity index (χ2v) is 11.0. The van der Waals surface area contributed by atoms with Crippen molar-refractivity contribution in [2.24, 2.45) is 4.99 Å². The number of aliphatic imine (C=N–C) groups is 1. The number of H-pyrrole nitrogens is 1. The topological polar surface area (TPSA) is 94.6 Å². The van der Waals surface area contributed by atoms with E-state index in [0.717, 1.165) is 28.1 Å². The van der Waals surface area contributed by atoms with Crippen LogP contribution in [0, 0.1) is 0 Å². The van der Waals surface area contributed by atoms with E-state index in [2.05, 4.69) is 15.3 Å². The lowest BCUT2D eigenvalue weighted by molar-refractivity contribution is -0.109. The number of carbonyl (C=O) groups excluding carboxylic acids is 1. The van der Waals surface area contributed by atoms with Gasteiger partial charge in [0, 0.05) is 24.2 Å². The molecule has 0 aliphatic carbocycles. The molecular weight excluding hydrogens is 428 g/mol. The van der Waals surface area contributed by atoms with Gasteiger partial charge in [-0.05, 0) is 30.0 Å². The fraction of sp³-hybridized carbons (Fsp3) is 0.263. The highest BCUT2D eigenvalue weighted by Crippen LogP contribution is 2.34. The van der Waals surface area contributed by atoms with Crippen LogP contribution in [0.1, 0.15) is 12.1 Å². The molecule has 2 N–H and O–H groups in total. The van der Waals surface area contributed by atoms with Crippen molar-refractivity contribution in [3.05, 3.63) is 47.5 Å². The number of fused-ring (bicyclic) bond motifs is 1. The summed E-state index contributed by atoms with van der Waals surface area (Å²) in [7, 11) is -2.04. The van der Waals surface area contributed by atoms with Gasteiger partial charge in [0.15, 0.2) is 0 Å². The zero-order chi connectivity index (χ0) is 20.4. The summed E-state index contributed by atoms with van der Waals surface area (Å²) in [5.74, 6) is 0. The van der Waals surface area contributed by atoms with Gasteiger partial charge in [-0.1, -0.05) is 30.0 Å². The predicted molar refractivity (Wildman–Crippen MR) is 120 cm³/mol. The smallest absolute Gasteiger partial charge is 0.273 e. The molecule has 1 aliphatic rings. The molecule has 10 heteroatoms. The van der Waals surface area contributed by atoms with Crippen LogP contribution < -0.4 is 9.62 Å². The van der Waals surface area contributed by atoms with Crippen molar-refractivity contribution in [1.82, 2.24) is 10.3 Å². The van der Waals surface area contributed by atoms with E-state index in [-0.39, 0.29) is 0 Å². The number of aromatic amines is 1. The largest absolute Gasteiger partial charge is 0.359 e. The first-order valence-corrected chi connectivity index (χ1v) is 12.2. The normalized spacial score (nSPS) is 16.7. The second-order valence-electron chi connectivity index (χ2n) is 6.58. The van der Waals surface area contributed by atoms with E-state index in [0.29, 0.717) is 34.6 Å². The number of rotatable bonds is 8. The maximum Gasteiger partial charge on any atom is 0.273 e. The van der Waals surface area contributed by atoms with Gasteiger partial charge in [0.1, 0.15) is 9.25 Å². The lowest BCUT2D eigenvalue weighted by Crippen LogP contribution is -2.26. The minimum Gasteiger partial charge on any atom is -0.359 e. The van der Waals surface area contributed by atoms with E-state index < -0.39 is 10.0 Å². The summed E-state index contributed by atoms with van der Waals surface area (Å²) in [5, 5.41) is 6.60. The van der Waals surface area contributed by atoms with Gasteiger partial charge in [0.05, 0.1) is 23.4 Å². The summed E-state index contributed by atoms with van der Waals surface area (Å²) in [4.78, 5) is 18.4. The minimum atomic E-state index is -3.61. The molecule has 7 nitrogen and oxygen atoms in total. The first kappa shape index (κ1) is 20.0. The van der Waals surface area contributed by atoms with Gasteiger partial charge in [-0.3, -0.25) is 14.1 Å². The highest BCUT2D eigenvalue weighted by atomic mass is 32.2. The van der Waals surface area contributed by atoms with Crippen LogP contribution in [0.4, 0.5) is 5.69 Å². The van der Waals surface area contributed by atoms with E-state index in [1.807, 2.05) is 18.2 Å². The van der Waals surface area contributed by atoms with Gasteiger partial charge in [-0.15, -0.1) is 11.3 Å². The quantitative estimate of drug-likeness (QED) is 0.409. The lowest BCUT2D eigenvalue weighted by Gasteiger charge is -2.19. The van der Waals surface area contributed by atoms with Crippen LogP contribution in [0.25, 0.3) is 10.9 Å². The molecule has 4 rings (SSSR count). The molecule has 152 valence electrons. The maximum atomic E-state index is 12.9. The number of anilines is 1. The first-order chi connectivity index (χ1) is 14.0. The Hall–Kier alpha value is -2.30. The van der Waals surface area contributed by atoms with Crippen molar-refractivity contribution in [1.29, 1.82) is 0 Å². The molecule has 1 aromatic carbocycles. The van der Waals surface area contributed by atoms with E-state index in [9.17, 15) is 13.2 Å². The zero-order valence-electron chi connectivity index (χ0n) is 15.7. The molecule has 29 heavy (non-hydrogen) atoms. The highest BCUT2D eigenvalue weighted by Gasteiger charge is 2.26. The third-order valence-corrected chi connectivity index (χ3v) is 9.16. The first-order valence-electron chi connectivity index (χ1n) is 9.03. The number of hydrogen-bond donors (Lipinski definition) is 2. The van der Waals surface area contributed by atoms with Crippen LogP contribution in [-0.4, -0.2) is 50.2 Å². The van der Waals surface area contributed by atoms with Crippen molar-refractivity contribution in [3.8, 4) is 0 Å². The van der Waals surface area contributed by atoms with Gasteiger partial charge in [-0.2, -0.15) is 0 Å². The molecule has 1 aliphatic heterocycles. The molecule has 2 aromatic heterocycles. The van der Waals surface area contributed by atoms with Crippen molar-refractivity contribution in [2.75, 3.05) is 24.4 Å². The van der Waals surface area contributed by atoms with E-state index in [1.165, 1.54) is 15.6 Å². The molecule has 1 atom stereocenters. The molecule has 0 radical (unpaired) electrons. The molecule has 0 spiro atoms. The van der Waals surface area contributed by atoms with Crippen LogP contribution in [-0.2, 0) is 14.8 Å². The van der Waals surface area contributed by atoms with E-state index in [4.69, 9.17) is 0 Å². The number of para-hydroxylation sites is 1. The van der Waals surface area contributed by atoms with Gasteiger partial charge in [0.25, 0.3) is 10.0 Å².